The second-order valence-corrected chi connectivity index (χ2v) is 1.08. The SMILES string of the molecule is C=[N+](C)C.[Cl-]. The minimum atomic E-state index is 0. The van der Waals surface area contributed by atoms with Crippen LogP contribution in [-0.4, -0.2) is 25.4 Å². The van der Waals surface area contributed by atoms with E-state index in [2.05, 4.69) is 6.72 Å². The van der Waals surface area contributed by atoms with Crippen molar-refractivity contribution in [1.29, 1.82) is 0 Å². The highest BCUT2D eigenvalue weighted by Gasteiger charge is 1.53. The Labute approximate surface area is 38.7 Å². The molecule has 0 aliphatic carbocycles. The molecule has 0 saturated carbocycles. The van der Waals surface area contributed by atoms with E-state index in [0.717, 1.165) is 0 Å². The van der Waals surface area contributed by atoms with Gasteiger partial charge in [-0.15, -0.1) is 0 Å². The lowest BCUT2D eigenvalue weighted by Gasteiger charge is -1.65. The van der Waals surface area contributed by atoms with Crippen LogP contribution in [0.3, 0.4) is 0 Å². The molecule has 32 valence electrons. The maximum Gasteiger partial charge on any atom is 0.131 e. The lowest BCUT2D eigenvalue weighted by atomic mass is 11.1. The Morgan fingerprint density at radius 3 is 1.40 bits per heavy atom. The first kappa shape index (κ1) is 8.88. The standard InChI is InChI=1S/C3H8N.ClH/c1-4(2)3;/h1H2,2-3H3;1H/q+1;/p-1. The highest BCUT2D eigenvalue weighted by atomic mass is 35.5. The fourth-order valence-corrected chi connectivity index (χ4v) is 0. The minimum Gasteiger partial charge on any atom is -1.00 e. The van der Waals surface area contributed by atoms with E-state index in [1.54, 1.807) is 4.58 Å². The molecule has 0 aliphatic heterocycles. The van der Waals surface area contributed by atoms with Crippen LogP contribution in [-0.2, 0) is 0 Å². The molecule has 0 bridgehead atoms. The smallest absolute Gasteiger partial charge is 0.131 e. The van der Waals surface area contributed by atoms with E-state index in [9.17, 15) is 0 Å². The zero-order valence-corrected chi connectivity index (χ0v) is 4.29. The van der Waals surface area contributed by atoms with Crippen LogP contribution >= 0.6 is 0 Å². The van der Waals surface area contributed by atoms with Crippen molar-refractivity contribution in [3.63, 3.8) is 0 Å². The van der Waals surface area contributed by atoms with Crippen molar-refractivity contribution in [1.82, 2.24) is 0 Å². The molecular weight excluding hydrogens is 85.5 g/mol. The van der Waals surface area contributed by atoms with Crippen molar-refractivity contribution in [2.45, 2.75) is 0 Å². The first-order valence-corrected chi connectivity index (χ1v) is 1.21. The van der Waals surface area contributed by atoms with E-state index in [1.807, 2.05) is 14.1 Å². The fraction of sp³-hybridized carbons (Fsp3) is 0.667. The predicted molar refractivity (Wildman–Crippen MR) is 19.2 cm³/mol. The van der Waals surface area contributed by atoms with E-state index in [-0.39, 0.29) is 12.4 Å². The third-order valence-corrected chi connectivity index (χ3v) is 0. The van der Waals surface area contributed by atoms with Gasteiger partial charge >= 0.3 is 0 Å². The monoisotopic (exact) mass is 93.0 g/mol. The molecular formula is C3H8ClN. The summed E-state index contributed by atoms with van der Waals surface area (Å²) in [5, 5.41) is 0. The highest BCUT2D eigenvalue weighted by Crippen LogP contribution is 1.30. The number of hydrogen-bond acceptors (Lipinski definition) is 0. The summed E-state index contributed by atoms with van der Waals surface area (Å²) in [5.74, 6) is 0. The molecule has 1 nitrogen and oxygen atoms in total. The summed E-state index contributed by atoms with van der Waals surface area (Å²) in [7, 11) is 3.78. The second kappa shape index (κ2) is 3.96. The molecule has 0 fully saturated rings. The van der Waals surface area contributed by atoms with Crippen LogP contribution in [0.4, 0.5) is 0 Å². The largest absolute Gasteiger partial charge is 1.00 e. The molecule has 2 heteroatoms. The average Bonchev–Trinajstić information content (AvgIpc) is 0.811. The van der Waals surface area contributed by atoms with Gasteiger partial charge in [0.2, 0.25) is 0 Å². The summed E-state index contributed by atoms with van der Waals surface area (Å²) in [6, 6.07) is 0. The summed E-state index contributed by atoms with van der Waals surface area (Å²) in [4.78, 5) is 0. The van der Waals surface area contributed by atoms with Crippen LogP contribution in [0, 0.1) is 0 Å². The van der Waals surface area contributed by atoms with Crippen LogP contribution in [0.2, 0.25) is 0 Å². The molecule has 0 spiro atoms. The van der Waals surface area contributed by atoms with Gasteiger partial charge in [0.1, 0.15) is 20.8 Å². The van der Waals surface area contributed by atoms with Crippen LogP contribution in [0.15, 0.2) is 0 Å². The first-order chi connectivity index (χ1) is 1.73. The molecule has 0 atom stereocenters. The van der Waals surface area contributed by atoms with Crippen LogP contribution < -0.4 is 12.4 Å². The number of rotatable bonds is 0. The lowest BCUT2D eigenvalue weighted by molar-refractivity contribution is -0.454. The van der Waals surface area contributed by atoms with Crippen molar-refractivity contribution in [2.24, 2.45) is 0 Å². The molecule has 0 unspecified atom stereocenters. The van der Waals surface area contributed by atoms with Crippen LogP contribution in [0.25, 0.3) is 0 Å². The number of hydrogen-bond donors (Lipinski definition) is 0. The third-order valence-electron chi connectivity index (χ3n) is 0. The second-order valence-electron chi connectivity index (χ2n) is 1.08. The molecule has 0 N–H and O–H groups in total. The molecule has 0 aromatic carbocycles. The van der Waals surface area contributed by atoms with Crippen molar-refractivity contribution in [3.8, 4) is 0 Å². The van der Waals surface area contributed by atoms with E-state index < -0.39 is 0 Å². The molecule has 0 heterocycles. The molecule has 0 aromatic heterocycles. The Morgan fingerprint density at radius 2 is 1.40 bits per heavy atom. The molecule has 0 aliphatic rings. The molecule has 5 heavy (non-hydrogen) atoms. The summed E-state index contributed by atoms with van der Waals surface area (Å²) < 4.78 is 1.75. The van der Waals surface area contributed by atoms with Gasteiger partial charge in [0.25, 0.3) is 0 Å². The zero-order chi connectivity index (χ0) is 3.58. The average molecular weight is 93.6 g/mol. The van der Waals surface area contributed by atoms with Crippen LogP contribution in [0.1, 0.15) is 0 Å². The van der Waals surface area contributed by atoms with E-state index >= 15 is 0 Å². The van der Waals surface area contributed by atoms with Gasteiger partial charge in [-0.3, -0.25) is 0 Å². The maximum atomic E-state index is 3.47. The van der Waals surface area contributed by atoms with Gasteiger partial charge in [0, 0.05) is 0 Å². The maximum absolute atomic E-state index is 3.47. The Kier molecular flexibility index (Phi) is 7.03. The normalized spacial score (nSPS) is 5.20. The first-order valence-electron chi connectivity index (χ1n) is 1.21. The Morgan fingerprint density at radius 1 is 1.40 bits per heavy atom. The van der Waals surface area contributed by atoms with Crippen molar-refractivity contribution in [2.75, 3.05) is 14.1 Å². The Bertz CT molecular complexity index is 29.9. The summed E-state index contributed by atoms with van der Waals surface area (Å²) in [6.07, 6.45) is 0. The summed E-state index contributed by atoms with van der Waals surface area (Å²) >= 11 is 0. The molecule has 0 saturated heterocycles. The van der Waals surface area contributed by atoms with Gasteiger partial charge in [0.15, 0.2) is 0 Å². The van der Waals surface area contributed by atoms with Crippen LogP contribution in [0.5, 0.6) is 0 Å². The van der Waals surface area contributed by atoms with Gasteiger partial charge < -0.3 is 12.4 Å². The number of nitrogens with zero attached hydrogens (tertiary/aromatic N) is 1. The highest BCUT2D eigenvalue weighted by molar-refractivity contribution is 5.13. The molecule has 0 radical (unpaired) electrons. The van der Waals surface area contributed by atoms with Crippen molar-refractivity contribution in [3.05, 3.63) is 0 Å². The summed E-state index contributed by atoms with van der Waals surface area (Å²) in [6.45, 7) is 3.47. The van der Waals surface area contributed by atoms with Gasteiger partial charge in [-0.1, -0.05) is 0 Å². The van der Waals surface area contributed by atoms with E-state index in [1.165, 1.54) is 0 Å². The van der Waals surface area contributed by atoms with Gasteiger partial charge in [-0.05, 0) is 0 Å². The predicted octanol–water partition coefficient (Wildman–Crippen LogP) is -3.04. The van der Waals surface area contributed by atoms with Crippen molar-refractivity contribution >= 4 is 6.72 Å². The molecule has 0 aromatic rings. The minimum absolute atomic E-state index is 0. The zero-order valence-electron chi connectivity index (χ0n) is 3.53. The molecule has 0 rings (SSSR count). The van der Waals surface area contributed by atoms with E-state index in [4.69, 9.17) is 0 Å². The lowest BCUT2D eigenvalue weighted by Crippen LogP contribution is -3.00. The fourth-order valence-electron chi connectivity index (χ4n) is 0. The Hall–Kier alpha value is -0.0400. The van der Waals surface area contributed by atoms with Gasteiger partial charge in [-0.2, -0.15) is 0 Å². The van der Waals surface area contributed by atoms with Crippen molar-refractivity contribution < 1.29 is 17.0 Å². The number of halogens is 1. The topological polar surface area (TPSA) is 3.01 Å². The summed E-state index contributed by atoms with van der Waals surface area (Å²) in [5.41, 5.74) is 0. The molecule has 0 amide bonds. The van der Waals surface area contributed by atoms with Gasteiger partial charge in [0.05, 0.1) is 0 Å². The Balaban J connectivity index is 0. The van der Waals surface area contributed by atoms with E-state index in [0.29, 0.717) is 0 Å². The quantitative estimate of drug-likeness (QED) is 0.221. The van der Waals surface area contributed by atoms with Gasteiger partial charge in [-0.25, -0.2) is 4.58 Å². The third kappa shape index (κ3) is 9510.